The van der Waals surface area contributed by atoms with Crippen LogP contribution < -0.4 is 10.0 Å². The summed E-state index contributed by atoms with van der Waals surface area (Å²) in [6.07, 6.45) is 0.0518. The first-order valence-electron chi connectivity index (χ1n) is 7.96. The minimum atomic E-state index is -4.43. The Labute approximate surface area is 140 Å². The van der Waals surface area contributed by atoms with Crippen molar-refractivity contribution in [2.45, 2.75) is 44.8 Å². The molecule has 24 heavy (non-hydrogen) atoms. The van der Waals surface area contributed by atoms with Crippen molar-refractivity contribution in [1.29, 1.82) is 0 Å². The first-order valence-corrected chi connectivity index (χ1v) is 9.62. The van der Waals surface area contributed by atoms with Crippen molar-refractivity contribution in [1.82, 2.24) is 9.71 Å². The number of nitrogens with zero attached hydrogens (tertiary/aromatic N) is 1. The maximum absolute atomic E-state index is 12.4. The fourth-order valence-electron chi connectivity index (χ4n) is 2.75. The van der Waals surface area contributed by atoms with E-state index in [1.165, 1.54) is 12.3 Å². The number of rotatable bonds is 6. The van der Waals surface area contributed by atoms with Crippen LogP contribution in [0.3, 0.4) is 0 Å². The standard InChI is InChI=1S/C15H22F3N3O2S/c1-2-24(22,23)21-12-5-3-11(4-6-12)9-19-13-7-8-14(20-10-13)15(16,17)18/h7-8,10-12,19,21H,2-6,9H2,1H3/t11-,12-. The zero-order valence-corrected chi connectivity index (χ0v) is 14.3. The molecule has 0 aliphatic heterocycles. The highest BCUT2D eigenvalue weighted by Gasteiger charge is 2.32. The average molecular weight is 365 g/mol. The third kappa shape index (κ3) is 5.62. The lowest BCUT2D eigenvalue weighted by Crippen LogP contribution is -2.39. The fourth-order valence-corrected chi connectivity index (χ4v) is 3.66. The molecule has 1 aliphatic rings. The number of hydrogen-bond acceptors (Lipinski definition) is 4. The maximum Gasteiger partial charge on any atom is 0.433 e. The molecule has 1 aliphatic carbocycles. The molecule has 1 saturated carbocycles. The molecule has 2 N–H and O–H groups in total. The number of alkyl halides is 3. The predicted octanol–water partition coefficient (Wildman–Crippen LogP) is 3.01. The van der Waals surface area contributed by atoms with Crippen LogP contribution in [0, 0.1) is 5.92 Å². The van der Waals surface area contributed by atoms with Gasteiger partial charge in [-0.15, -0.1) is 0 Å². The van der Waals surface area contributed by atoms with Gasteiger partial charge in [0.05, 0.1) is 17.6 Å². The molecule has 136 valence electrons. The maximum atomic E-state index is 12.4. The highest BCUT2D eigenvalue weighted by Crippen LogP contribution is 2.28. The van der Waals surface area contributed by atoms with E-state index in [-0.39, 0.29) is 11.8 Å². The molecule has 0 unspecified atom stereocenters. The van der Waals surface area contributed by atoms with Crippen LogP contribution in [0.15, 0.2) is 18.3 Å². The van der Waals surface area contributed by atoms with Crippen molar-refractivity contribution in [3.05, 3.63) is 24.0 Å². The highest BCUT2D eigenvalue weighted by molar-refractivity contribution is 7.89. The van der Waals surface area contributed by atoms with Gasteiger partial charge in [-0.05, 0) is 50.7 Å². The molecule has 0 bridgehead atoms. The van der Waals surface area contributed by atoms with Crippen LogP contribution in [0.1, 0.15) is 38.3 Å². The first-order chi connectivity index (χ1) is 11.2. The first kappa shape index (κ1) is 19.0. The third-order valence-electron chi connectivity index (χ3n) is 4.22. The van der Waals surface area contributed by atoms with Crippen LogP contribution in [-0.2, 0) is 16.2 Å². The molecule has 0 atom stereocenters. The zero-order chi connectivity index (χ0) is 17.8. The summed E-state index contributed by atoms with van der Waals surface area (Å²) in [6, 6.07) is 2.31. The molecule has 0 spiro atoms. The smallest absolute Gasteiger partial charge is 0.384 e. The lowest BCUT2D eigenvalue weighted by atomic mass is 9.86. The summed E-state index contributed by atoms with van der Waals surface area (Å²) in [6.45, 7) is 2.25. The van der Waals surface area contributed by atoms with E-state index in [2.05, 4.69) is 15.0 Å². The van der Waals surface area contributed by atoms with E-state index in [1.54, 1.807) is 6.92 Å². The second kappa shape index (κ2) is 7.69. The van der Waals surface area contributed by atoms with Crippen LogP contribution in [0.5, 0.6) is 0 Å². The van der Waals surface area contributed by atoms with Gasteiger partial charge in [0.15, 0.2) is 0 Å². The van der Waals surface area contributed by atoms with Gasteiger partial charge in [0.25, 0.3) is 0 Å². The molecule has 1 aromatic heterocycles. The average Bonchev–Trinajstić information content (AvgIpc) is 2.53. The summed E-state index contributed by atoms with van der Waals surface area (Å²) < 4.78 is 63.1. The summed E-state index contributed by atoms with van der Waals surface area (Å²) >= 11 is 0. The molecule has 1 aromatic rings. The van der Waals surface area contributed by atoms with E-state index in [1.807, 2.05) is 0 Å². The number of nitrogens with one attached hydrogen (secondary N) is 2. The largest absolute Gasteiger partial charge is 0.433 e. The Morgan fingerprint density at radius 3 is 2.38 bits per heavy atom. The number of halogens is 3. The van der Waals surface area contributed by atoms with Gasteiger partial charge in [0.2, 0.25) is 10.0 Å². The molecule has 0 amide bonds. The molecule has 9 heteroatoms. The van der Waals surface area contributed by atoms with Crippen LogP contribution in [0.2, 0.25) is 0 Å². The van der Waals surface area contributed by atoms with Crippen molar-refractivity contribution in [2.24, 2.45) is 5.92 Å². The lowest BCUT2D eigenvalue weighted by molar-refractivity contribution is -0.141. The summed E-state index contributed by atoms with van der Waals surface area (Å²) in [4.78, 5) is 3.41. The van der Waals surface area contributed by atoms with Crippen LogP contribution in [0.4, 0.5) is 18.9 Å². The summed E-state index contributed by atoms with van der Waals surface area (Å²) in [5.74, 6) is 0.449. The normalized spacial score (nSPS) is 22.3. The van der Waals surface area contributed by atoms with Gasteiger partial charge in [-0.3, -0.25) is 0 Å². The molecular weight excluding hydrogens is 343 g/mol. The molecule has 0 saturated heterocycles. The van der Waals surface area contributed by atoms with Crippen molar-refractivity contribution < 1.29 is 21.6 Å². The van der Waals surface area contributed by atoms with Gasteiger partial charge in [-0.2, -0.15) is 13.2 Å². The Hall–Kier alpha value is -1.35. The minimum Gasteiger partial charge on any atom is -0.384 e. The number of hydrogen-bond donors (Lipinski definition) is 2. The van der Waals surface area contributed by atoms with Gasteiger partial charge in [-0.1, -0.05) is 0 Å². The second-order valence-electron chi connectivity index (χ2n) is 6.05. The summed E-state index contributed by atoms with van der Waals surface area (Å²) in [7, 11) is -3.17. The fraction of sp³-hybridized carbons (Fsp3) is 0.667. The molecule has 0 radical (unpaired) electrons. The second-order valence-corrected chi connectivity index (χ2v) is 8.09. The minimum absolute atomic E-state index is 0.0149. The lowest BCUT2D eigenvalue weighted by Gasteiger charge is -2.29. The Bertz CT molecular complexity index is 624. The Kier molecular flexibility index (Phi) is 6.08. The Morgan fingerprint density at radius 2 is 1.88 bits per heavy atom. The predicted molar refractivity (Wildman–Crippen MR) is 86.1 cm³/mol. The van der Waals surface area contributed by atoms with Crippen LogP contribution >= 0.6 is 0 Å². The zero-order valence-electron chi connectivity index (χ0n) is 13.4. The van der Waals surface area contributed by atoms with Crippen molar-refractivity contribution in [3.63, 3.8) is 0 Å². The van der Waals surface area contributed by atoms with E-state index >= 15 is 0 Å². The van der Waals surface area contributed by atoms with E-state index in [9.17, 15) is 21.6 Å². The summed E-state index contributed by atoms with van der Waals surface area (Å²) in [5, 5.41) is 3.10. The van der Waals surface area contributed by atoms with Crippen molar-refractivity contribution in [3.8, 4) is 0 Å². The van der Waals surface area contributed by atoms with Gasteiger partial charge >= 0.3 is 6.18 Å². The number of aromatic nitrogens is 1. The quantitative estimate of drug-likeness (QED) is 0.813. The molecular formula is C15H22F3N3O2S. The summed E-state index contributed by atoms with van der Waals surface area (Å²) in [5.41, 5.74) is -0.353. The van der Waals surface area contributed by atoms with Gasteiger partial charge < -0.3 is 5.32 Å². The Morgan fingerprint density at radius 1 is 1.21 bits per heavy atom. The van der Waals surface area contributed by atoms with Gasteiger partial charge in [0.1, 0.15) is 5.69 Å². The van der Waals surface area contributed by atoms with E-state index in [4.69, 9.17) is 0 Å². The third-order valence-corrected chi connectivity index (χ3v) is 5.67. The molecule has 5 nitrogen and oxygen atoms in total. The van der Waals surface area contributed by atoms with Gasteiger partial charge in [-0.25, -0.2) is 18.1 Å². The van der Waals surface area contributed by atoms with E-state index < -0.39 is 21.9 Å². The Balaban J connectivity index is 1.77. The van der Waals surface area contributed by atoms with Crippen molar-refractivity contribution in [2.75, 3.05) is 17.6 Å². The van der Waals surface area contributed by atoms with E-state index in [0.717, 1.165) is 31.7 Å². The van der Waals surface area contributed by atoms with Crippen LogP contribution in [0.25, 0.3) is 0 Å². The SMILES string of the molecule is CCS(=O)(=O)N[C@H]1CC[C@H](CNc2ccc(C(F)(F)F)nc2)CC1. The number of anilines is 1. The van der Waals surface area contributed by atoms with Crippen LogP contribution in [-0.4, -0.2) is 31.7 Å². The van der Waals surface area contributed by atoms with Gasteiger partial charge in [0, 0.05) is 12.6 Å². The number of sulfonamides is 1. The highest BCUT2D eigenvalue weighted by atomic mass is 32.2. The topological polar surface area (TPSA) is 71.1 Å². The van der Waals surface area contributed by atoms with E-state index in [0.29, 0.717) is 18.2 Å². The monoisotopic (exact) mass is 365 g/mol. The number of pyridine rings is 1. The van der Waals surface area contributed by atoms with Crippen molar-refractivity contribution >= 4 is 15.7 Å². The molecule has 1 fully saturated rings. The molecule has 2 rings (SSSR count). The molecule has 0 aromatic carbocycles. The molecule has 1 heterocycles.